The lowest BCUT2D eigenvalue weighted by Crippen LogP contribution is -2.35. The van der Waals surface area contributed by atoms with Crippen LogP contribution in [0, 0.1) is 19.7 Å². The lowest BCUT2D eigenvalue weighted by atomic mass is 9.71. The topological polar surface area (TPSA) is 77.9 Å². The van der Waals surface area contributed by atoms with Gasteiger partial charge in [0.05, 0.1) is 12.3 Å². The zero-order chi connectivity index (χ0) is 22.6. The Labute approximate surface area is 182 Å². The first-order chi connectivity index (χ1) is 14.8. The molecule has 3 rings (SSSR count). The summed E-state index contributed by atoms with van der Waals surface area (Å²) in [7, 11) is 1.67. The molecule has 0 aliphatic heterocycles. The lowest BCUT2D eigenvalue weighted by molar-refractivity contribution is -0.211. The summed E-state index contributed by atoms with van der Waals surface area (Å²) in [5, 5.41) is 10.6. The Kier molecular flexibility index (Phi) is 7.15. The molecule has 1 aromatic heterocycles. The second-order valence-electron chi connectivity index (χ2n) is 8.39. The predicted octanol–water partition coefficient (Wildman–Crippen LogP) is 4.84. The Morgan fingerprint density at radius 2 is 1.94 bits per heavy atom. The van der Waals surface area contributed by atoms with Gasteiger partial charge in [-0.3, -0.25) is 14.8 Å². The number of nitrogens with zero attached hydrogens (tertiary/aromatic N) is 1. The summed E-state index contributed by atoms with van der Waals surface area (Å²) in [6.45, 7) is 5.19. The lowest BCUT2D eigenvalue weighted by Gasteiger charge is -2.36. The number of carbonyl (C=O) groups is 1. The van der Waals surface area contributed by atoms with Crippen LogP contribution in [0.1, 0.15) is 67.1 Å². The zero-order valence-corrected chi connectivity index (χ0v) is 18.6. The molecule has 7 heteroatoms. The molecule has 2 aromatic rings. The van der Waals surface area contributed by atoms with Gasteiger partial charge in [0, 0.05) is 31.6 Å². The number of methoxy groups -OCH3 is 1. The minimum atomic E-state index is -0.660. The number of carbonyl (C=O) groups excluding carboxylic acids is 1. The number of benzene rings is 1. The molecule has 1 fully saturated rings. The van der Waals surface area contributed by atoms with E-state index in [9.17, 15) is 14.3 Å². The Morgan fingerprint density at radius 3 is 2.58 bits per heavy atom. The van der Waals surface area contributed by atoms with E-state index in [0.29, 0.717) is 24.3 Å². The molecule has 0 amide bonds. The average Bonchev–Trinajstić information content (AvgIpc) is 2.74. The number of hydrogen-bond donors (Lipinski definition) is 1. The largest absolute Gasteiger partial charge is 0.506 e. The number of hydrogen-bond acceptors (Lipinski definition) is 6. The number of aromatic hydroxyl groups is 1. The maximum Gasteiger partial charge on any atom is 0.352 e. The summed E-state index contributed by atoms with van der Waals surface area (Å²) in [5.41, 5.74) is 3.08. The fourth-order valence-corrected chi connectivity index (χ4v) is 4.51. The molecular weight excluding hydrogens is 401 g/mol. The molecule has 1 aliphatic rings. The molecule has 1 heterocycles. The van der Waals surface area contributed by atoms with Crippen molar-refractivity contribution in [1.29, 1.82) is 0 Å². The van der Waals surface area contributed by atoms with E-state index in [1.54, 1.807) is 26.2 Å². The highest BCUT2D eigenvalue weighted by Gasteiger charge is 2.37. The van der Waals surface area contributed by atoms with Crippen LogP contribution < -0.4 is 4.89 Å². The maximum atomic E-state index is 14.8. The van der Waals surface area contributed by atoms with Gasteiger partial charge < -0.3 is 9.84 Å². The van der Waals surface area contributed by atoms with Crippen LogP contribution >= 0.6 is 0 Å². The Hall–Kier alpha value is -2.67. The number of aromatic nitrogens is 1. The minimum Gasteiger partial charge on any atom is -0.506 e. The molecule has 0 bridgehead atoms. The van der Waals surface area contributed by atoms with Crippen LogP contribution in [0.3, 0.4) is 0 Å². The van der Waals surface area contributed by atoms with Crippen molar-refractivity contribution in [3.8, 4) is 11.5 Å². The first kappa shape index (κ1) is 23.0. The summed E-state index contributed by atoms with van der Waals surface area (Å²) in [5.74, 6) is -1.20. The Balaban J connectivity index is 1.94. The van der Waals surface area contributed by atoms with Crippen LogP contribution in [0.4, 0.5) is 4.39 Å². The van der Waals surface area contributed by atoms with E-state index in [1.165, 1.54) is 19.4 Å². The van der Waals surface area contributed by atoms with E-state index >= 15 is 0 Å². The highest BCUT2D eigenvalue weighted by molar-refractivity contribution is 5.65. The number of pyridine rings is 1. The van der Waals surface area contributed by atoms with Crippen LogP contribution in [0.25, 0.3) is 0 Å². The summed E-state index contributed by atoms with van der Waals surface area (Å²) in [4.78, 5) is 25.1. The molecular formula is C24H30FNO5. The first-order valence-corrected chi connectivity index (χ1v) is 10.6. The molecule has 0 unspecified atom stereocenters. The van der Waals surface area contributed by atoms with Crippen LogP contribution in [-0.2, 0) is 26.3 Å². The highest BCUT2D eigenvalue weighted by Crippen LogP contribution is 2.42. The van der Waals surface area contributed by atoms with E-state index in [1.807, 2.05) is 6.92 Å². The third-order valence-corrected chi connectivity index (χ3v) is 6.09. The van der Waals surface area contributed by atoms with E-state index in [0.717, 1.165) is 42.5 Å². The molecule has 1 aliphatic carbocycles. The summed E-state index contributed by atoms with van der Waals surface area (Å²) < 4.78 is 20.3. The van der Waals surface area contributed by atoms with Crippen molar-refractivity contribution in [2.75, 3.05) is 13.7 Å². The molecule has 0 saturated heterocycles. The maximum absolute atomic E-state index is 14.8. The molecule has 1 saturated carbocycles. The molecule has 0 radical (unpaired) electrons. The Bertz CT molecular complexity index is 948. The van der Waals surface area contributed by atoms with Gasteiger partial charge in [0.25, 0.3) is 0 Å². The van der Waals surface area contributed by atoms with Crippen molar-refractivity contribution in [3.05, 3.63) is 52.1 Å². The molecule has 1 aromatic carbocycles. The molecule has 31 heavy (non-hydrogen) atoms. The van der Waals surface area contributed by atoms with E-state index in [2.05, 4.69) is 4.89 Å². The predicted molar refractivity (Wildman–Crippen MR) is 114 cm³/mol. The van der Waals surface area contributed by atoms with Crippen LogP contribution in [0.2, 0.25) is 0 Å². The van der Waals surface area contributed by atoms with Gasteiger partial charge in [-0.15, -0.1) is 0 Å². The summed E-state index contributed by atoms with van der Waals surface area (Å²) in [6, 6.07) is 4.95. The quantitative estimate of drug-likeness (QED) is 0.499. The van der Waals surface area contributed by atoms with Crippen molar-refractivity contribution in [3.63, 3.8) is 0 Å². The zero-order valence-electron chi connectivity index (χ0n) is 18.6. The van der Waals surface area contributed by atoms with Crippen LogP contribution in [-0.4, -0.2) is 29.8 Å². The third kappa shape index (κ3) is 4.98. The van der Waals surface area contributed by atoms with Gasteiger partial charge in [-0.2, -0.15) is 0 Å². The number of halogens is 1. The van der Waals surface area contributed by atoms with Gasteiger partial charge >= 0.3 is 5.97 Å². The molecule has 0 atom stereocenters. The van der Waals surface area contributed by atoms with Crippen LogP contribution in [0.5, 0.6) is 11.5 Å². The highest BCUT2D eigenvalue weighted by atomic mass is 19.1. The van der Waals surface area contributed by atoms with Crippen LogP contribution in [0.15, 0.2) is 18.2 Å². The standard InChI is InChI=1S/C24H30FNO5/c1-15-12-21(31-30-17(3)27)22(25)16(2)19(15)13-18-8-9-20(28)23(26-18)24(14-29-4)10-6-5-7-11-24/h8-9,12,28H,5-7,10-11,13-14H2,1-4H3. The fraction of sp³-hybridized carbons (Fsp3) is 0.500. The fourth-order valence-electron chi connectivity index (χ4n) is 4.51. The van der Waals surface area contributed by atoms with E-state index in [-0.39, 0.29) is 16.9 Å². The van der Waals surface area contributed by atoms with Crippen molar-refractivity contribution in [1.82, 2.24) is 4.98 Å². The number of rotatable bonds is 7. The number of aryl methyl sites for hydroxylation is 1. The van der Waals surface area contributed by atoms with Gasteiger partial charge in [0.1, 0.15) is 5.75 Å². The van der Waals surface area contributed by atoms with E-state index < -0.39 is 11.8 Å². The molecule has 1 N–H and O–H groups in total. The monoisotopic (exact) mass is 431 g/mol. The second-order valence-corrected chi connectivity index (χ2v) is 8.39. The number of ether oxygens (including phenoxy) is 1. The van der Waals surface area contributed by atoms with Crippen molar-refractivity contribution < 1.29 is 28.8 Å². The Morgan fingerprint density at radius 1 is 1.23 bits per heavy atom. The van der Waals surface area contributed by atoms with Gasteiger partial charge in [0.2, 0.25) is 5.75 Å². The van der Waals surface area contributed by atoms with Gasteiger partial charge in [-0.1, -0.05) is 19.3 Å². The second kappa shape index (κ2) is 9.64. The van der Waals surface area contributed by atoms with Gasteiger partial charge in [-0.05, 0) is 61.6 Å². The van der Waals surface area contributed by atoms with Crippen molar-refractivity contribution >= 4 is 5.97 Å². The molecule has 168 valence electrons. The first-order valence-electron chi connectivity index (χ1n) is 10.6. The van der Waals surface area contributed by atoms with Gasteiger partial charge in [-0.25, -0.2) is 9.18 Å². The van der Waals surface area contributed by atoms with E-state index in [4.69, 9.17) is 14.6 Å². The molecule has 6 nitrogen and oxygen atoms in total. The third-order valence-electron chi connectivity index (χ3n) is 6.09. The normalized spacial score (nSPS) is 15.5. The molecule has 0 spiro atoms. The average molecular weight is 432 g/mol. The minimum absolute atomic E-state index is 0.130. The van der Waals surface area contributed by atoms with Crippen molar-refractivity contribution in [2.45, 2.75) is 64.7 Å². The smallest absolute Gasteiger partial charge is 0.352 e. The summed E-state index contributed by atoms with van der Waals surface area (Å²) in [6.07, 6.45) is 5.55. The SMILES string of the molecule is COCC1(c2nc(Cc3c(C)cc(OOC(C)=O)c(F)c3C)ccc2O)CCCCC1. The summed E-state index contributed by atoms with van der Waals surface area (Å²) >= 11 is 0. The van der Waals surface area contributed by atoms with Gasteiger partial charge in [0.15, 0.2) is 5.82 Å². The van der Waals surface area contributed by atoms with Crippen molar-refractivity contribution in [2.24, 2.45) is 0 Å².